The van der Waals surface area contributed by atoms with E-state index in [1.165, 1.54) is 0 Å². The fraction of sp³-hybridized carbons (Fsp3) is 0.636. The molecule has 5 N–H and O–H groups in total. The van der Waals surface area contributed by atoms with E-state index in [4.69, 9.17) is 5.84 Å². The summed E-state index contributed by atoms with van der Waals surface area (Å²) in [5.41, 5.74) is 0.931. The Morgan fingerprint density at radius 1 is 1.35 bits per heavy atom. The number of hydrazine groups is 1. The molecule has 0 spiro atoms. The quantitative estimate of drug-likeness (QED) is 0.494. The average Bonchev–Trinajstić information content (AvgIpc) is 2.80. The van der Waals surface area contributed by atoms with Crippen molar-refractivity contribution in [1.29, 1.82) is 0 Å². The molecule has 1 aliphatic carbocycles. The molecule has 0 aliphatic heterocycles. The van der Waals surface area contributed by atoms with Gasteiger partial charge in [0.05, 0.1) is 6.10 Å². The molecule has 1 heterocycles. The first kappa shape index (κ1) is 14.8. The average molecular weight is 291 g/mol. The van der Waals surface area contributed by atoms with E-state index < -0.39 is 18.0 Å². The number of hydrogen-bond acceptors (Lipinski definition) is 6. The number of halogens is 3. The SMILES string of the molecule is NNc1nc(NCC2CCCC2O)cc(C(F)(F)F)n1. The predicted octanol–water partition coefficient (Wildman–Crippen LogP) is 1.35. The standard InChI is InChI=1S/C11H16F3N5O/c12-11(13,14)8-4-9(18-10(17-8)19-15)16-5-6-2-1-3-7(6)20/h4,6-7,20H,1-3,5,15H2,(H2,16,17,18,19). The molecule has 1 aromatic heterocycles. The highest BCUT2D eigenvalue weighted by molar-refractivity contribution is 5.42. The van der Waals surface area contributed by atoms with E-state index >= 15 is 0 Å². The molecule has 0 aromatic carbocycles. The van der Waals surface area contributed by atoms with Gasteiger partial charge in [-0.3, -0.25) is 5.43 Å². The summed E-state index contributed by atoms with van der Waals surface area (Å²) in [5, 5.41) is 12.5. The molecular formula is C11H16F3N5O. The second-order valence-corrected chi connectivity index (χ2v) is 4.74. The number of nitrogens with one attached hydrogen (secondary N) is 2. The van der Waals surface area contributed by atoms with Crippen LogP contribution in [0, 0.1) is 5.92 Å². The van der Waals surface area contributed by atoms with Crippen LogP contribution >= 0.6 is 0 Å². The van der Waals surface area contributed by atoms with Gasteiger partial charge in [0.15, 0.2) is 5.69 Å². The van der Waals surface area contributed by atoms with Gasteiger partial charge in [-0.25, -0.2) is 10.8 Å². The first-order chi connectivity index (χ1) is 9.40. The van der Waals surface area contributed by atoms with Crippen LogP contribution in [0.5, 0.6) is 0 Å². The molecule has 1 fully saturated rings. The highest BCUT2D eigenvalue weighted by Crippen LogP contribution is 2.30. The number of nitrogens with zero attached hydrogens (tertiary/aromatic N) is 2. The molecule has 2 rings (SSSR count). The van der Waals surface area contributed by atoms with E-state index in [-0.39, 0.29) is 17.7 Å². The predicted molar refractivity (Wildman–Crippen MR) is 66.7 cm³/mol. The summed E-state index contributed by atoms with van der Waals surface area (Å²) in [4.78, 5) is 7.07. The van der Waals surface area contributed by atoms with E-state index in [9.17, 15) is 18.3 Å². The smallest absolute Gasteiger partial charge is 0.393 e. The van der Waals surface area contributed by atoms with Gasteiger partial charge in [0.25, 0.3) is 0 Å². The zero-order valence-electron chi connectivity index (χ0n) is 10.6. The zero-order chi connectivity index (χ0) is 14.8. The van der Waals surface area contributed by atoms with Gasteiger partial charge in [-0.2, -0.15) is 18.2 Å². The summed E-state index contributed by atoms with van der Waals surface area (Å²) in [6.07, 6.45) is -2.51. The topological polar surface area (TPSA) is 96.1 Å². The van der Waals surface area contributed by atoms with Crippen molar-refractivity contribution in [3.05, 3.63) is 11.8 Å². The first-order valence-corrected chi connectivity index (χ1v) is 6.25. The minimum absolute atomic E-state index is 0.0218. The Labute approximate surface area is 113 Å². The third-order valence-electron chi connectivity index (χ3n) is 3.31. The summed E-state index contributed by atoms with van der Waals surface area (Å²) < 4.78 is 38.0. The van der Waals surface area contributed by atoms with Gasteiger partial charge < -0.3 is 10.4 Å². The molecule has 20 heavy (non-hydrogen) atoms. The maximum absolute atomic E-state index is 12.7. The molecule has 112 valence electrons. The van der Waals surface area contributed by atoms with Crippen molar-refractivity contribution in [2.24, 2.45) is 11.8 Å². The van der Waals surface area contributed by atoms with Crippen LogP contribution in [0.4, 0.5) is 24.9 Å². The van der Waals surface area contributed by atoms with E-state index in [1.807, 2.05) is 5.43 Å². The summed E-state index contributed by atoms with van der Waals surface area (Å²) in [6, 6.07) is 0.822. The Morgan fingerprint density at radius 2 is 2.10 bits per heavy atom. The van der Waals surface area contributed by atoms with Crippen LogP contribution < -0.4 is 16.6 Å². The van der Waals surface area contributed by atoms with Crippen molar-refractivity contribution in [1.82, 2.24) is 9.97 Å². The van der Waals surface area contributed by atoms with Crippen LogP contribution in [0.2, 0.25) is 0 Å². The highest BCUT2D eigenvalue weighted by atomic mass is 19.4. The Bertz CT molecular complexity index is 468. The van der Waals surface area contributed by atoms with Crippen LogP contribution in [0.15, 0.2) is 6.07 Å². The molecule has 0 amide bonds. The van der Waals surface area contributed by atoms with Crippen LogP contribution in [0.3, 0.4) is 0 Å². The van der Waals surface area contributed by atoms with Crippen molar-refractivity contribution >= 4 is 11.8 Å². The molecule has 9 heteroatoms. The van der Waals surface area contributed by atoms with Gasteiger partial charge in [0, 0.05) is 18.5 Å². The van der Waals surface area contributed by atoms with E-state index in [1.54, 1.807) is 0 Å². The molecule has 2 unspecified atom stereocenters. The maximum atomic E-state index is 12.7. The normalized spacial score (nSPS) is 22.9. The highest BCUT2D eigenvalue weighted by Gasteiger charge is 2.34. The second kappa shape index (κ2) is 5.80. The van der Waals surface area contributed by atoms with Crippen molar-refractivity contribution < 1.29 is 18.3 Å². The largest absolute Gasteiger partial charge is 0.433 e. The number of anilines is 2. The zero-order valence-corrected chi connectivity index (χ0v) is 10.6. The van der Waals surface area contributed by atoms with E-state index in [0.29, 0.717) is 6.54 Å². The molecule has 0 saturated heterocycles. The molecular weight excluding hydrogens is 275 g/mol. The van der Waals surface area contributed by atoms with Gasteiger partial charge in [0.2, 0.25) is 5.95 Å². The molecule has 1 saturated carbocycles. The lowest BCUT2D eigenvalue weighted by molar-refractivity contribution is -0.141. The molecule has 1 aromatic rings. The number of aliphatic hydroxyl groups is 1. The number of hydrogen-bond donors (Lipinski definition) is 4. The second-order valence-electron chi connectivity index (χ2n) is 4.74. The molecule has 1 aliphatic rings. The monoisotopic (exact) mass is 291 g/mol. The Morgan fingerprint density at radius 3 is 2.65 bits per heavy atom. The van der Waals surface area contributed by atoms with Crippen LogP contribution in [0.1, 0.15) is 25.0 Å². The maximum Gasteiger partial charge on any atom is 0.433 e. The van der Waals surface area contributed by atoms with Crippen LogP contribution in [-0.4, -0.2) is 27.7 Å². The Hall–Kier alpha value is -1.61. The molecule has 0 bridgehead atoms. The number of rotatable bonds is 4. The number of aromatic nitrogens is 2. The van der Waals surface area contributed by atoms with Gasteiger partial charge in [-0.1, -0.05) is 6.42 Å². The van der Waals surface area contributed by atoms with Crippen LogP contribution in [0.25, 0.3) is 0 Å². The summed E-state index contributed by atoms with van der Waals surface area (Å²) in [6.45, 7) is 0.361. The minimum atomic E-state index is -4.57. The summed E-state index contributed by atoms with van der Waals surface area (Å²) in [7, 11) is 0. The van der Waals surface area contributed by atoms with Crippen molar-refractivity contribution in [3.63, 3.8) is 0 Å². The third kappa shape index (κ3) is 3.48. The fourth-order valence-electron chi connectivity index (χ4n) is 2.24. The Kier molecular flexibility index (Phi) is 4.29. The third-order valence-corrected chi connectivity index (χ3v) is 3.31. The summed E-state index contributed by atoms with van der Waals surface area (Å²) in [5.74, 6) is 4.80. The lowest BCUT2D eigenvalue weighted by atomic mass is 10.1. The first-order valence-electron chi connectivity index (χ1n) is 6.25. The Balaban J connectivity index is 2.10. The van der Waals surface area contributed by atoms with Crippen molar-refractivity contribution in [2.75, 3.05) is 17.3 Å². The van der Waals surface area contributed by atoms with Gasteiger partial charge in [-0.15, -0.1) is 0 Å². The minimum Gasteiger partial charge on any atom is -0.393 e. The number of aliphatic hydroxyl groups excluding tert-OH is 1. The van der Waals surface area contributed by atoms with E-state index in [0.717, 1.165) is 25.3 Å². The molecule has 6 nitrogen and oxygen atoms in total. The number of nitrogens with two attached hydrogens (primary N) is 1. The molecule has 0 radical (unpaired) electrons. The van der Waals surface area contributed by atoms with E-state index in [2.05, 4.69) is 15.3 Å². The number of nitrogen functional groups attached to an aromatic ring is 1. The van der Waals surface area contributed by atoms with Crippen molar-refractivity contribution in [3.8, 4) is 0 Å². The van der Waals surface area contributed by atoms with Gasteiger partial charge >= 0.3 is 6.18 Å². The van der Waals surface area contributed by atoms with Crippen LogP contribution in [-0.2, 0) is 6.18 Å². The lowest BCUT2D eigenvalue weighted by Crippen LogP contribution is -2.23. The summed E-state index contributed by atoms with van der Waals surface area (Å²) >= 11 is 0. The fourth-order valence-corrected chi connectivity index (χ4v) is 2.24. The van der Waals surface area contributed by atoms with Crippen molar-refractivity contribution in [2.45, 2.75) is 31.5 Å². The number of alkyl halides is 3. The van der Waals surface area contributed by atoms with Gasteiger partial charge in [-0.05, 0) is 12.8 Å². The molecule has 2 atom stereocenters. The lowest BCUT2D eigenvalue weighted by Gasteiger charge is -2.16. The van der Waals surface area contributed by atoms with Gasteiger partial charge in [0.1, 0.15) is 5.82 Å².